The summed E-state index contributed by atoms with van der Waals surface area (Å²) in [6, 6.07) is 3.24. The maximum Gasteiger partial charge on any atom is 0.265 e. The van der Waals surface area contributed by atoms with Crippen molar-refractivity contribution in [2.24, 2.45) is 11.3 Å². The fourth-order valence-electron chi connectivity index (χ4n) is 8.07. The Labute approximate surface area is 316 Å². The van der Waals surface area contributed by atoms with Crippen LogP contribution in [0.2, 0.25) is 18.1 Å². The highest BCUT2D eigenvalue weighted by atomic mass is 28.4. The van der Waals surface area contributed by atoms with Crippen molar-refractivity contribution in [3.63, 3.8) is 0 Å². The summed E-state index contributed by atoms with van der Waals surface area (Å²) in [6.07, 6.45) is 3.99. The highest BCUT2D eigenvalue weighted by Gasteiger charge is 2.71. The number of Topliss-reactive ketones (excluding diaryl/α,β-unsaturated/α-hetero) is 2. The molecular weight excluding hydrogens is 695 g/mol. The summed E-state index contributed by atoms with van der Waals surface area (Å²) < 4.78 is 37.2. The second-order valence-electron chi connectivity index (χ2n) is 16.9. The third kappa shape index (κ3) is 6.96. The number of fused-ring (bicyclic) bond motifs is 4. The molecule has 12 nitrogen and oxygen atoms in total. The summed E-state index contributed by atoms with van der Waals surface area (Å²) in [5.74, 6) is -1.18. The number of carbonyl (C=O) groups is 2. The summed E-state index contributed by atoms with van der Waals surface area (Å²) in [6.45, 7) is 15.3. The Balaban J connectivity index is 1.86. The van der Waals surface area contributed by atoms with Gasteiger partial charge < -0.3 is 37.9 Å². The minimum absolute atomic E-state index is 0.0193. The first-order valence-corrected chi connectivity index (χ1v) is 21.9. The van der Waals surface area contributed by atoms with Gasteiger partial charge in [0.2, 0.25) is 11.6 Å². The van der Waals surface area contributed by atoms with E-state index in [4.69, 9.17) is 27.9 Å². The summed E-state index contributed by atoms with van der Waals surface area (Å²) in [5, 5.41) is 16.6. The minimum Gasteiger partial charge on any atom is -0.507 e. The number of carbonyl (C=O) groups excluding carboxylic acids is 2. The topological polar surface area (TPSA) is 133 Å². The lowest BCUT2D eigenvalue weighted by Crippen LogP contribution is -2.70. The molecule has 0 radical (unpaired) electrons. The van der Waals surface area contributed by atoms with E-state index in [9.17, 15) is 5.11 Å². The molecule has 2 aromatic rings. The summed E-state index contributed by atoms with van der Waals surface area (Å²) in [5.41, 5.74) is -0.665. The number of ether oxygens (including phenoxy) is 4. The van der Waals surface area contributed by atoms with Crippen LogP contribution in [0.5, 0.6) is 11.6 Å². The summed E-state index contributed by atoms with van der Waals surface area (Å²) >= 11 is 0. The molecule has 1 N–H and O–H groups in total. The van der Waals surface area contributed by atoms with Gasteiger partial charge in [0.15, 0.2) is 19.7 Å². The number of rotatable bonds is 16. The lowest BCUT2D eigenvalue weighted by Gasteiger charge is -2.58. The lowest BCUT2D eigenvalue weighted by molar-refractivity contribution is -0.148. The molecule has 13 heteroatoms. The number of aliphatic hydroxyl groups excluding tert-OH is 1. The van der Waals surface area contributed by atoms with E-state index in [0.717, 1.165) is 36.9 Å². The predicted molar refractivity (Wildman–Crippen MR) is 206 cm³/mol. The fraction of sp³-hybridized carbons (Fsp3) is 0.675. The molecule has 4 atom stereocenters. The SMILES string of the molecule is CCCCOc1ccc(N(C)C)c2c1C(O)=C1C(=O)[C@]3(O[Si](C)(C)C(C)(C)C)C(=O)c4c(OCCCC)noc4[C@@H](N(C)C)[C@@H]3C[C@]1(COCOC)C2. The Morgan fingerprint density at radius 2 is 1.66 bits per heavy atom. The maximum atomic E-state index is 16.1. The smallest absolute Gasteiger partial charge is 0.265 e. The molecule has 1 fully saturated rings. The van der Waals surface area contributed by atoms with Crippen LogP contribution in [0.4, 0.5) is 5.69 Å². The average Bonchev–Trinajstić information content (AvgIpc) is 3.48. The van der Waals surface area contributed by atoms with Crippen molar-refractivity contribution in [2.45, 2.75) is 103 Å². The van der Waals surface area contributed by atoms with E-state index >= 15 is 9.59 Å². The monoisotopic (exact) mass is 755 g/mol. The third-order valence-electron chi connectivity index (χ3n) is 11.7. The normalized spacial score (nSPS) is 24.2. The summed E-state index contributed by atoms with van der Waals surface area (Å²) in [4.78, 5) is 35.6. The molecule has 1 aromatic carbocycles. The van der Waals surface area contributed by atoms with Gasteiger partial charge in [-0.3, -0.25) is 14.5 Å². The van der Waals surface area contributed by atoms with Gasteiger partial charge in [-0.1, -0.05) is 47.5 Å². The van der Waals surface area contributed by atoms with Crippen LogP contribution in [0, 0.1) is 11.3 Å². The number of methoxy groups -OCH3 is 1. The highest BCUT2D eigenvalue weighted by molar-refractivity contribution is 6.74. The number of hydrogen-bond acceptors (Lipinski definition) is 12. The van der Waals surface area contributed by atoms with E-state index in [1.54, 1.807) is 7.11 Å². The van der Waals surface area contributed by atoms with E-state index < -0.39 is 42.9 Å². The van der Waals surface area contributed by atoms with Gasteiger partial charge in [0, 0.05) is 38.2 Å². The zero-order valence-electron chi connectivity index (χ0n) is 33.9. The summed E-state index contributed by atoms with van der Waals surface area (Å²) in [7, 11) is 6.36. The number of nitrogens with zero attached hydrogens (tertiary/aromatic N) is 3. The zero-order valence-corrected chi connectivity index (χ0v) is 34.9. The molecule has 0 aliphatic heterocycles. The Morgan fingerprint density at radius 1 is 1.00 bits per heavy atom. The molecule has 5 rings (SSSR count). The third-order valence-corrected chi connectivity index (χ3v) is 16.1. The largest absolute Gasteiger partial charge is 0.507 e. The molecule has 1 heterocycles. The molecular formula is C40H61N3O9Si. The molecule has 0 unspecified atom stereocenters. The molecule has 1 aromatic heterocycles. The molecule has 1 saturated carbocycles. The van der Waals surface area contributed by atoms with Crippen molar-refractivity contribution in [1.29, 1.82) is 0 Å². The van der Waals surface area contributed by atoms with Crippen LogP contribution in [-0.4, -0.2) is 103 Å². The van der Waals surface area contributed by atoms with Gasteiger partial charge >= 0.3 is 0 Å². The molecule has 3 aliphatic carbocycles. The minimum atomic E-state index is -2.91. The van der Waals surface area contributed by atoms with Gasteiger partial charge in [0.25, 0.3) is 5.88 Å². The standard InChI is InChI=1S/C40H61N3O9Si/c1-13-15-19-49-28-18-17-27(42(6)7)25-21-39(23-48-24-47-10)22-26-32(43(8)9)34-30(37(41-51-34)50-20-16-14-2)35(45)40(26,52-53(11,12)38(3,4)5)36(46)31(39)33(44)29(25)28/h17-18,26,32,44H,13-16,19-24H2,1-12H3/t26-,32-,39-,40+/m0/s1. The van der Waals surface area contributed by atoms with Gasteiger partial charge in [-0.25, -0.2) is 0 Å². The Morgan fingerprint density at radius 3 is 2.25 bits per heavy atom. The van der Waals surface area contributed by atoms with Crippen molar-refractivity contribution < 1.29 is 42.6 Å². The van der Waals surface area contributed by atoms with E-state index in [1.165, 1.54) is 0 Å². The van der Waals surface area contributed by atoms with Crippen LogP contribution in [0.1, 0.15) is 100 Å². The number of benzene rings is 1. The van der Waals surface area contributed by atoms with E-state index in [1.807, 2.05) is 63.2 Å². The number of ketones is 2. The van der Waals surface area contributed by atoms with Crippen molar-refractivity contribution in [2.75, 3.05) is 66.8 Å². The number of unbranched alkanes of at least 4 members (excludes halogenated alkanes) is 2. The second-order valence-corrected chi connectivity index (χ2v) is 21.6. The quantitative estimate of drug-likeness (QED) is 0.0794. The van der Waals surface area contributed by atoms with Crippen LogP contribution in [-0.2, 0) is 25.1 Å². The molecule has 0 amide bonds. The van der Waals surface area contributed by atoms with Crippen LogP contribution in [0.25, 0.3) is 5.76 Å². The van der Waals surface area contributed by atoms with Gasteiger partial charge in [-0.15, -0.1) is 0 Å². The predicted octanol–water partition coefficient (Wildman–Crippen LogP) is 7.38. The molecule has 3 aliphatic rings. The van der Waals surface area contributed by atoms with Gasteiger partial charge in [-0.05, 0) is 80.8 Å². The lowest BCUT2D eigenvalue weighted by atomic mass is 9.51. The molecule has 0 saturated heterocycles. The molecule has 0 bridgehead atoms. The second kappa shape index (κ2) is 15.5. The fourth-order valence-corrected chi connectivity index (χ4v) is 9.52. The number of anilines is 1. The van der Waals surface area contributed by atoms with Crippen molar-refractivity contribution in [1.82, 2.24) is 10.1 Å². The number of aliphatic hydroxyl groups is 1. The Bertz CT molecular complexity index is 1710. The van der Waals surface area contributed by atoms with E-state index in [0.29, 0.717) is 36.7 Å². The van der Waals surface area contributed by atoms with E-state index in [2.05, 4.69) is 39.8 Å². The molecule has 0 spiro atoms. The molecule has 53 heavy (non-hydrogen) atoms. The van der Waals surface area contributed by atoms with Gasteiger partial charge in [-0.2, -0.15) is 0 Å². The highest BCUT2D eigenvalue weighted by Crippen LogP contribution is 2.63. The van der Waals surface area contributed by atoms with Gasteiger partial charge in [0.05, 0.1) is 37.0 Å². The maximum absolute atomic E-state index is 16.1. The van der Waals surface area contributed by atoms with Crippen molar-refractivity contribution >= 4 is 31.3 Å². The van der Waals surface area contributed by atoms with Crippen LogP contribution in [0.15, 0.2) is 22.2 Å². The molecule has 294 valence electrons. The zero-order chi connectivity index (χ0) is 39.1. The number of aromatic nitrogens is 1. The number of hydrogen-bond donors (Lipinski definition) is 1. The van der Waals surface area contributed by atoms with Crippen LogP contribution >= 0.6 is 0 Å². The van der Waals surface area contributed by atoms with Crippen LogP contribution < -0.4 is 14.4 Å². The first kappa shape index (κ1) is 40.9. The first-order valence-electron chi connectivity index (χ1n) is 19.0. The van der Waals surface area contributed by atoms with E-state index in [-0.39, 0.29) is 47.6 Å². The Hall–Kier alpha value is -3.23. The first-order chi connectivity index (χ1) is 24.9. The van der Waals surface area contributed by atoms with Gasteiger partial charge in [0.1, 0.15) is 23.9 Å². The van der Waals surface area contributed by atoms with Crippen LogP contribution in [0.3, 0.4) is 0 Å². The average molecular weight is 756 g/mol. The van der Waals surface area contributed by atoms with Crippen molar-refractivity contribution in [3.05, 3.63) is 40.2 Å². The Kier molecular flexibility index (Phi) is 12.0. The van der Waals surface area contributed by atoms with Crippen molar-refractivity contribution in [3.8, 4) is 11.6 Å².